The topological polar surface area (TPSA) is 392 Å². The van der Waals surface area contributed by atoms with Crippen LogP contribution in [0.1, 0.15) is 145 Å². The number of benzene rings is 1. The molecule has 26 nitrogen and oxygen atoms in total. The fourth-order valence-corrected chi connectivity index (χ4v) is 9.87. The molecule has 14 N–H and O–H groups in total. The quantitative estimate of drug-likeness (QED) is 0.0688. The summed E-state index contributed by atoms with van der Waals surface area (Å²) in [6, 6.07) is -6.26. The highest BCUT2D eigenvalue weighted by molar-refractivity contribution is 6.02. The molecule has 0 aromatic heterocycles. The van der Waals surface area contributed by atoms with Gasteiger partial charge in [-0.2, -0.15) is 0 Å². The van der Waals surface area contributed by atoms with Crippen molar-refractivity contribution in [1.82, 2.24) is 58.1 Å². The predicted octanol–water partition coefficient (Wildman–Crippen LogP) is -0.546. The van der Waals surface area contributed by atoms with Crippen molar-refractivity contribution in [3.63, 3.8) is 0 Å². The number of allylic oxidation sites excluding steroid dienone is 1. The van der Waals surface area contributed by atoms with Gasteiger partial charge in [-0.3, -0.25) is 52.7 Å². The Kier molecular flexibility index (Phi) is 30.5. The van der Waals surface area contributed by atoms with E-state index in [0.717, 1.165) is 17.7 Å². The van der Waals surface area contributed by atoms with Gasteiger partial charge in [-0.05, 0) is 74.0 Å². The van der Waals surface area contributed by atoms with E-state index in [2.05, 4.69) is 53.2 Å². The maximum atomic E-state index is 14.6. The van der Waals surface area contributed by atoms with Crippen LogP contribution in [0.3, 0.4) is 0 Å². The lowest BCUT2D eigenvalue weighted by atomic mass is 9.93. The first-order valence-electron chi connectivity index (χ1n) is 29.8. The molecule has 11 amide bonds. The van der Waals surface area contributed by atoms with E-state index in [4.69, 9.17) is 0 Å². The molecule has 0 spiro atoms. The standard InChI is InChI=1S/C59H95N11O15/c1-11-15-16-17-37-27-47(75)62-45(31-72)55(81)63-40(14-4)59(85)70-30-39(74)28-46(70)56(82)64-41(22-23-71)52(78)66-44(26-36-18-20-38(73)21-19-36)53(79)65-43(25-33(7)8)54(80)68-50(35(10)13-3)58(84)69-49(34(9)12-2)57(83)67-42(24-32(5)6)51(77)60-29-48(76)61-37/h14,18-21,32-35,37,39,41-46,49-50,71-74H,11-13,15-17,22-31H2,1-10H3,(H,60,77)(H,61,76)(H,62,75)(H,63,81)(H,64,82)(H,65,79)(H,66,78)(H,67,83)(H,68,80)(H,69,84)/b40-14+/t34-,35?,37-,39-,41+,42+,43-,44-,45+,46+,49+,50+/m1/s1. The van der Waals surface area contributed by atoms with Crippen LogP contribution in [0.4, 0.5) is 0 Å². The number of nitrogens with one attached hydrogen (secondary N) is 10. The van der Waals surface area contributed by atoms with Crippen LogP contribution in [0.15, 0.2) is 36.0 Å². The monoisotopic (exact) mass is 1200 g/mol. The van der Waals surface area contributed by atoms with E-state index in [0.29, 0.717) is 31.2 Å². The number of rotatable bonds is 17. The van der Waals surface area contributed by atoms with Crippen molar-refractivity contribution >= 4 is 65.0 Å². The lowest BCUT2D eigenvalue weighted by molar-refractivity contribution is -0.139. The minimum absolute atomic E-state index is 0.0353. The Bertz CT molecular complexity index is 2480. The van der Waals surface area contributed by atoms with E-state index in [1.54, 1.807) is 41.5 Å². The fraction of sp³-hybridized carbons (Fsp3) is 0.678. The van der Waals surface area contributed by atoms with E-state index in [-0.39, 0.29) is 49.7 Å². The molecule has 2 saturated heterocycles. The van der Waals surface area contributed by atoms with E-state index in [1.807, 2.05) is 20.8 Å². The van der Waals surface area contributed by atoms with E-state index in [1.165, 1.54) is 37.3 Å². The summed E-state index contributed by atoms with van der Waals surface area (Å²) in [5.74, 6) is -10.7. The Morgan fingerprint density at radius 2 is 1.12 bits per heavy atom. The Labute approximate surface area is 498 Å². The van der Waals surface area contributed by atoms with Crippen LogP contribution in [0.2, 0.25) is 0 Å². The Balaban J connectivity index is 2.17. The number of hydrogen-bond acceptors (Lipinski definition) is 15. The highest BCUT2D eigenvalue weighted by Crippen LogP contribution is 2.22. The lowest BCUT2D eigenvalue weighted by Crippen LogP contribution is -2.62. The Morgan fingerprint density at radius 3 is 1.67 bits per heavy atom. The third-order valence-electron chi connectivity index (χ3n) is 15.2. The van der Waals surface area contributed by atoms with Gasteiger partial charge in [0.05, 0.1) is 19.3 Å². The van der Waals surface area contributed by atoms with Crippen LogP contribution < -0.4 is 53.2 Å². The summed E-state index contributed by atoms with van der Waals surface area (Å²) in [5.41, 5.74) is 0.0343. The first-order chi connectivity index (χ1) is 40.2. The number of carbonyl (C=O) groups is 11. The zero-order valence-electron chi connectivity index (χ0n) is 51.0. The highest BCUT2D eigenvalue weighted by Gasteiger charge is 2.42. The molecule has 0 radical (unpaired) electrons. The van der Waals surface area contributed by atoms with E-state index < -0.39 is 176 Å². The molecule has 1 aromatic carbocycles. The molecule has 1 unspecified atom stereocenters. The number of unbranched alkanes of at least 4 members (excludes halogenated alkanes) is 2. The largest absolute Gasteiger partial charge is 0.508 e. The van der Waals surface area contributed by atoms with E-state index in [9.17, 15) is 73.2 Å². The molecule has 3 rings (SSSR count). The van der Waals surface area contributed by atoms with Gasteiger partial charge in [0, 0.05) is 38.5 Å². The summed E-state index contributed by atoms with van der Waals surface area (Å²) in [7, 11) is 0. The van der Waals surface area contributed by atoms with Crippen molar-refractivity contribution in [1.29, 1.82) is 0 Å². The summed E-state index contributed by atoms with van der Waals surface area (Å²) >= 11 is 0. The van der Waals surface area contributed by atoms with Gasteiger partial charge in [-0.15, -0.1) is 0 Å². The van der Waals surface area contributed by atoms with Crippen molar-refractivity contribution in [2.75, 3.05) is 26.3 Å². The van der Waals surface area contributed by atoms with Crippen LogP contribution in [-0.2, 0) is 59.2 Å². The normalized spacial score (nSPS) is 27.0. The molecular formula is C59H95N11O15. The second-order valence-corrected chi connectivity index (χ2v) is 23.2. The maximum absolute atomic E-state index is 14.6. The summed E-state index contributed by atoms with van der Waals surface area (Å²) in [4.78, 5) is 156. The van der Waals surface area contributed by atoms with Gasteiger partial charge in [0.15, 0.2) is 0 Å². The molecule has 26 heteroatoms. The van der Waals surface area contributed by atoms with Gasteiger partial charge in [-0.1, -0.05) is 113 Å². The molecule has 85 heavy (non-hydrogen) atoms. The molecule has 0 saturated carbocycles. The molecular weight excluding hydrogens is 1100 g/mol. The third kappa shape index (κ3) is 23.3. The van der Waals surface area contributed by atoms with Gasteiger partial charge in [0.25, 0.3) is 5.91 Å². The van der Waals surface area contributed by atoms with Gasteiger partial charge < -0.3 is 78.5 Å². The van der Waals surface area contributed by atoms with Crippen molar-refractivity contribution in [3.8, 4) is 5.75 Å². The van der Waals surface area contributed by atoms with Crippen LogP contribution in [0, 0.1) is 23.7 Å². The van der Waals surface area contributed by atoms with Crippen LogP contribution in [0.5, 0.6) is 5.75 Å². The smallest absolute Gasteiger partial charge is 0.270 e. The summed E-state index contributed by atoms with van der Waals surface area (Å²) < 4.78 is 0. The van der Waals surface area contributed by atoms with Crippen molar-refractivity contribution in [2.45, 2.75) is 207 Å². The second-order valence-electron chi connectivity index (χ2n) is 23.2. The molecule has 12 atom stereocenters. The van der Waals surface area contributed by atoms with Crippen LogP contribution in [-0.4, -0.2) is 177 Å². The van der Waals surface area contributed by atoms with Gasteiger partial charge in [0.2, 0.25) is 59.1 Å². The minimum atomic E-state index is -1.63. The predicted molar refractivity (Wildman–Crippen MR) is 314 cm³/mol. The maximum Gasteiger partial charge on any atom is 0.270 e. The first-order valence-corrected chi connectivity index (χ1v) is 29.8. The van der Waals surface area contributed by atoms with Crippen LogP contribution in [0.25, 0.3) is 0 Å². The number of phenolic OH excluding ortho intramolecular Hbond substituents is 1. The number of carbonyl (C=O) groups excluding carboxylic acids is 11. The summed E-state index contributed by atoms with van der Waals surface area (Å²) in [5, 5.41) is 67.7. The Hall–Kier alpha value is -7.19. The fourth-order valence-electron chi connectivity index (χ4n) is 9.87. The van der Waals surface area contributed by atoms with Gasteiger partial charge in [-0.25, -0.2) is 0 Å². The number of aliphatic hydroxyl groups excluding tert-OH is 3. The van der Waals surface area contributed by atoms with Gasteiger partial charge in [0.1, 0.15) is 59.8 Å². The number of hydrogen-bond donors (Lipinski definition) is 14. The molecule has 476 valence electrons. The summed E-state index contributed by atoms with van der Waals surface area (Å²) in [6.45, 7) is 15.1. The van der Waals surface area contributed by atoms with Crippen molar-refractivity contribution in [3.05, 3.63) is 41.6 Å². The average Bonchev–Trinajstić information content (AvgIpc) is 3.89. The molecule has 2 heterocycles. The molecule has 1 aromatic rings. The molecule has 2 aliphatic rings. The minimum Gasteiger partial charge on any atom is -0.508 e. The Morgan fingerprint density at radius 1 is 0.588 bits per heavy atom. The number of amides is 11. The molecule has 0 aliphatic carbocycles. The number of fused-ring (bicyclic) bond motifs is 1. The number of aliphatic hydroxyl groups is 3. The van der Waals surface area contributed by atoms with Crippen molar-refractivity contribution in [2.24, 2.45) is 23.7 Å². The zero-order chi connectivity index (χ0) is 63.7. The van der Waals surface area contributed by atoms with Crippen LogP contribution >= 0.6 is 0 Å². The third-order valence-corrected chi connectivity index (χ3v) is 15.2. The molecule has 2 aliphatic heterocycles. The second kappa shape index (κ2) is 36.0. The zero-order valence-corrected chi connectivity index (χ0v) is 51.0. The number of nitrogens with zero attached hydrogens (tertiary/aromatic N) is 1. The highest BCUT2D eigenvalue weighted by atomic mass is 16.3. The lowest BCUT2D eigenvalue weighted by Gasteiger charge is -2.31. The first kappa shape index (κ1) is 72.1. The van der Waals surface area contributed by atoms with E-state index >= 15 is 0 Å². The van der Waals surface area contributed by atoms with Gasteiger partial charge >= 0.3 is 0 Å². The summed E-state index contributed by atoms with van der Waals surface area (Å²) in [6.07, 6.45) is 1.95. The number of phenols is 1. The average molecular weight is 1200 g/mol. The number of aromatic hydroxyl groups is 1. The molecule has 2 fully saturated rings. The van der Waals surface area contributed by atoms with Crippen molar-refractivity contribution < 1.29 is 73.2 Å². The molecule has 0 bridgehead atoms. The SMILES string of the molecule is C/C=C1/NC(=O)[C@H](CO)NC(=O)C[C@@H](CCCCC)NC(=O)CNC(=O)[C@H](CC(C)C)NC(=O)[C@H]([C@H](C)CC)NC(=O)[C@H](C(C)CC)NC(=O)[C@@H](CC(C)C)NC(=O)[C@@H](Cc2ccc(O)cc2)NC(=O)[C@H](CCO)NC(=O)[C@@H]2C[C@@H](O)CN2C1=O.